The van der Waals surface area contributed by atoms with Crippen LogP contribution in [0.5, 0.6) is 0 Å². The van der Waals surface area contributed by atoms with Crippen LogP contribution in [0.3, 0.4) is 0 Å². The number of benzene rings is 10. The van der Waals surface area contributed by atoms with Crippen LogP contribution in [0.1, 0.15) is 66.8 Å². The molecule has 0 nitrogen and oxygen atoms in total. The van der Waals surface area contributed by atoms with Gasteiger partial charge in [-0.1, -0.05) is 248 Å². The Labute approximate surface area is 411 Å². The van der Waals surface area contributed by atoms with E-state index in [1.807, 2.05) is 0 Å². The maximum Gasteiger partial charge on any atom is 0.0713 e. The van der Waals surface area contributed by atoms with E-state index in [4.69, 9.17) is 0 Å². The molecule has 0 bridgehead atoms. The highest BCUT2D eigenvalue weighted by Crippen LogP contribution is 2.63. The quantitative estimate of drug-likeness (QED) is 0.156. The van der Waals surface area contributed by atoms with Gasteiger partial charge in [-0.25, -0.2) is 0 Å². The molecule has 0 fully saturated rings. The molecule has 0 amide bonds. The van der Waals surface area contributed by atoms with E-state index in [1.54, 1.807) is 0 Å². The largest absolute Gasteiger partial charge is 0.0713 e. The van der Waals surface area contributed by atoms with Gasteiger partial charge in [-0.05, 0) is 137 Å². The minimum absolute atomic E-state index is 0.685. The number of fused-ring (bicyclic) bond motifs is 9. The van der Waals surface area contributed by atoms with E-state index in [0.29, 0.717) is 0 Å². The molecule has 10 aromatic rings. The minimum Gasteiger partial charge on any atom is -0.0619 e. The van der Waals surface area contributed by atoms with Crippen molar-refractivity contribution in [1.29, 1.82) is 0 Å². The summed E-state index contributed by atoms with van der Waals surface area (Å²) in [4.78, 5) is 0. The zero-order valence-corrected chi connectivity index (χ0v) is 40.4. The van der Waals surface area contributed by atoms with Crippen molar-refractivity contribution in [1.82, 2.24) is 0 Å². The van der Waals surface area contributed by atoms with E-state index in [-0.39, 0.29) is 0 Å². The molecule has 0 atom stereocenters. The van der Waals surface area contributed by atoms with Crippen LogP contribution in [0.25, 0.3) is 33.4 Å². The summed E-state index contributed by atoms with van der Waals surface area (Å²) in [6.45, 7) is 0. The fraction of sp³-hybridized carbons (Fsp3) is 0.0476. The molecule has 10 aromatic carbocycles. The number of halogens is 3. The smallest absolute Gasteiger partial charge is 0.0619 e. The van der Waals surface area contributed by atoms with Crippen molar-refractivity contribution >= 4 is 47.8 Å². The van der Waals surface area contributed by atoms with Crippen molar-refractivity contribution in [3.63, 3.8) is 0 Å². The van der Waals surface area contributed by atoms with Gasteiger partial charge in [0.25, 0.3) is 0 Å². The average molecular weight is 1040 g/mol. The summed E-state index contributed by atoms with van der Waals surface area (Å²) in [7, 11) is 0. The summed E-state index contributed by atoms with van der Waals surface area (Å²) >= 11 is 11.5. The van der Waals surface area contributed by atoms with Gasteiger partial charge >= 0.3 is 0 Å². The predicted molar refractivity (Wildman–Crippen MR) is 281 cm³/mol. The molecular weight excluding hydrogens is 996 g/mol. The highest BCUT2D eigenvalue weighted by molar-refractivity contribution is 9.11. The highest BCUT2D eigenvalue weighted by atomic mass is 79.9. The third kappa shape index (κ3) is 5.37. The molecule has 0 N–H and O–H groups in total. The maximum atomic E-state index is 3.83. The second-order valence-electron chi connectivity index (χ2n) is 17.8. The van der Waals surface area contributed by atoms with Gasteiger partial charge in [0, 0.05) is 13.4 Å². The van der Waals surface area contributed by atoms with Crippen molar-refractivity contribution in [3.05, 3.63) is 317 Å². The highest BCUT2D eigenvalue weighted by Gasteiger charge is 2.53. The first-order chi connectivity index (χ1) is 32.4. The van der Waals surface area contributed by atoms with Gasteiger partial charge in [0.1, 0.15) is 0 Å². The second kappa shape index (κ2) is 15.1. The van der Waals surface area contributed by atoms with E-state index >= 15 is 0 Å². The lowest BCUT2D eigenvalue weighted by Gasteiger charge is -2.41. The molecule has 0 saturated carbocycles. The van der Waals surface area contributed by atoms with Crippen molar-refractivity contribution < 1.29 is 0 Å². The van der Waals surface area contributed by atoms with Gasteiger partial charge in [-0.3, -0.25) is 0 Å². The molecule has 0 unspecified atom stereocenters. The van der Waals surface area contributed by atoms with E-state index in [0.717, 1.165) is 13.4 Å². The SMILES string of the molecule is Brc1ccc(C2(c3cc(C4(c5ccc(Br)cc5)c5ccccc5-c5ccccc54)cc(C4(c5ccc(Br)cc5)c5ccccc5-c5ccccc54)c3)c3ccccc3-c3ccccc32)cc1. The lowest BCUT2D eigenvalue weighted by atomic mass is 9.60. The molecule has 3 aliphatic carbocycles. The zero-order valence-electron chi connectivity index (χ0n) is 35.7. The summed E-state index contributed by atoms with van der Waals surface area (Å²) in [5.74, 6) is 0. The maximum absolute atomic E-state index is 3.83. The minimum atomic E-state index is -0.685. The molecule has 13 rings (SSSR count). The Bertz CT molecular complexity index is 3040. The van der Waals surface area contributed by atoms with Gasteiger partial charge in [0.15, 0.2) is 0 Å². The normalized spacial score (nSPS) is 15.0. The molecule has 0 heterocycles. The molecule has 3 aliphatic rings. The average Bonchev–Trinajstić information content (AvgIpc) is 3.96. The summed E-state index contributed by atoms with van der Waals surface area (Å²) in [5, 5.41) is 0. The molecule has 0 saturated heterocycles. The Morgan fingerprint density at radius 3 is 0.576 bits per heavy atom. The topological polar surface area (TPSA) is 0 Å². The van der Waals surface area contributed by atoms with Crippen LogP contribution in [-0.2, 0) is 16.2 Å². The molecule has 312 valence electrons. The zero-order chi connectivity index (χ0) is 44.2. The van der Waals surface area contributed by atoms with Gasteiger partial charge in [0.05, 0.1) is 16.2 Å². The Balaban J connectivity index is 1.27. The summed E-state index contributed by atoms with van der Waals surface area (Å²) in [6.07, 6.45) is 0. The van der Waals surface area contributed by atoms with Gasteiger partial charge in [-0.2, -0.15) is 0 Å². The Hall–Kier alpha value is -6.36. The van der Waals surface area contributed by atoms with Crippen molar-refractivity contribution in [2.24, 2.45) is 0 Å². The van der Waals surface area contributed by atoms with Gasteiger partial charge in [-0.15, -0.1) is 0 Å². The van der Waals surface area contributed by atoms with Crippen LogP contribution in [-0.4, -0.2) is 0 Å². The first-order valence-electron chi connectivity index (χ1n) is 22.5. The molecule has 0 aromatic heterocycles. The molecule has 0 aliphatic heterocycles. The molecule has 0 spiro atoms. The first-order valence-corrected chi connectivity index (χ1v) is 24.9. The van der Waals surface area contributed by atoms with Crippen molar-refractivity contribution in [2.45, 2.75) is 16.2 Å². The Kier molecular flexibility index (Phi) is 9.13. The number of rotatable bonds is 6. The lowest BCUT2D eigenvalue weighted by Crippen LogP contribution is -2.35. The van der Waals surface area contributed by atoms with Crippen molar-refractivity contribution in [3.8, 4) is 33.4 Å². The third-order valence-electron chi connectivity index (χ3n) is 14.9. The fourth-order valence-corrected chi connectivity index (χ4v) is 13.2. The van der Waals surface area contributed by atoms with E-state index < -0.39 is 16.2 Å². The summed E-state index contributed by atoms with van der Waals surface area (Å²) in [6, 6.07) is 89.7. The number of hydrogen-bond acceptors (Lipinski definition) is 0. The molecule has 66 heavy (non-hydrogen) atoms. The van der Waals surface area contributed by atoms with Crippen LogP contribution in [0.2, 0.25) is 0 Å². The third-order valence-corrected chi connectivity index (χ3v) is 16.5. The van der Waals surface area contributed by atoms with Crippen LogP contribution in [0.15, 0.2) is 250 Å². The lowest BCUT2D eigenvalue weighted by molar-refractivity contribution is 0.713. The van der Waals surface area contributed by atoms with Gasteiger partial charge < -0.3 is 0 Å². The first kappa shape index (κ1) is 40.0. The summed E-state index contributed by atoms with van der Waals surface area (Å²) in [5.41, 5.74) is 20.6. The molecular formula is C63H39Br3. The van der Waals surface area contributed by atoms with E-state index in [1.165, 1.54) is 100 Å². The fourth-order valence-electron chi connectivity index (χ4n) is 12.4. The standard InChI is InChI=1S/C63H39Br3/c64-46-31-25-40(26-32-46)61(55-19-7-1-13-49(55)50-14-2-8-20-56(50)61)43-37-44(62(41-27-33-47(65)34-28-41)57-21-9-3-15-51(57)52-16-4-10-22-58(52)62)39-45(38-43)63(42-29-35-48(66)36-30-42)59-23-11-5-17-53(59)54-18-6-12-24-60(54)63/h1-39H. The number of hydrogen-bond donors (Lipinski definition) is 0. The van der Waals surface area contributed by atoms with Gasteiger partial charge in [0.2, 0.25) is 0 Å². The van der Waals surface area contributed by atoms with Crippen LogP contribution in [0.4, 0.5) is 0 Å². The van der Waals surface area contributed by atoms with Crippen molar-refractivity contribution in [2.75, 3.05) is 0 Å². The predicted octanol–water partition coefficient (Wildman–Crippen LogP) is 17.1. The second-order valence-corrected chi connectivity index (χ2v) is 20.6. The molecule has 3 heteroatoms. The van der Waals surface area contributed by atoms with Crippen LogP contribution in [0, 0.1) is 0 Å². The Morgan fingerprint density at radius 2 is 0.379 bits per heavy atom. The molecule has 0 radical (unpaired) electrons. The van der Waals surface area contributed by atoms with Crippen LogP contribution >= 0.6 is 47.8 Å². The Morgan fingerprint density at radius 1 is 0.197 bits per heavy atom. The monoisotopic (exact) mass is 1030 g/mol. The van der Waals surface area contributed by atoms with Crippen LogP contribution < -0.4 is 0 Å². The summed E-state index contributed by atoms with van der Waals surface area (Å²) < 4.78 is 3.16. The van der Waals surface area contributed by atoms with E-state index in [9.17, 15) is 0 Å². The van der Waals surface area contributed by atoms with E-state index in [2.05, 4.69) is 284 Å².